The van der Waals surface area contributed by atoms with E-state index in [1.807, 2.05) is 55.4 Å². The van der Waals surface area contributed by atoms with Crippen LogP contribution in [0.4, 0.5) is 0 Å². The number of para-hydroxylation sites is 1. The van der Waals surface area contributed by atoms with Crippen molar-refractivity contribution in [3.05, 3.63) is 59.7 Å². The second-order valence-electron chi connectivity index (χ2n) is 8.06. The van der Waals surface area contributed by atoms with Crippen LogP contribution in [0.1, 0.15) is 24.0 Å². The third-order valence-corrected chi connectivity index (χ3v) is 5.03. The number of rotatable bonds is 16. The summed E-state index contributed by atoms with van der Waals surface area (Å²) in [6.07, 6.45) is 2.03. The molecule has 0 fully saturated rings. The van der Waals surface area contributed by atoms with Gasteiger partial charge in [-0.1, -0.05) is 30.3 Å². The Labute approximate surface area is 195 Å². The number of hydroxylamine groups is 1. The van der Waals surface area contributed by atoms with Crippen molar-refractivity contribution in [1.29, 1.82) is 0 Å². The molecule has 8 nitrogen and oxygen atoms in total. The first-order valence-corrected chi connectivity index (χ1v) is 11.0. The van der Waals surface area contributed by atoms with Gasteiger partial charge in [0.05, 0.1) is 13.2 Å². The molecule has 8 heteroatoms. The lowest BCUT2D eigenvalue weighted by atomic mass is 10.0. The van der Waals surface area contributed by atoms with Gasteiger partial charge < -0.3 is 24.3 Å². The number of carboxylic acids is 1. The number of ether oxygens (including phenoxy) is 2. The molecule has 0 amide bonds. The van der Waals surface area contributed by atoms with E-state index in [4.69, 9.17) is 19.4 Å². The zero-order valence-electron chi connectivity index (χ0n) is 19.5. The summed E-state index contributed by atoms with van der Waals surface area (Å²) >= 11 is 0. The highest BCUT2D eigenvalue weighted by Gasteiger charge is 2.17. The van der Waals surface area contributed by atoms with Crippen LogP contribution in [0.2, 0.25) is 0 Å². The molecule has 2 aromatic carbocycles. The third kappa shape index (κ3) is 10.0. The summed E-state index contributed by atoms with van der Waals surface area (Å²) in [7, 11) is 5.49. The number of likely N-dealkylation sites (N-methyl/N-ethyl adjacent to an activating group) is 1. The number of hydrogen-bond acceptors (Lipinski definition) is 7. The second kappa shape index (κ2) is 14.3. The minimum atomic E-state index is -0.955. The summed E-state index contributed by atoms with van der Waals surface area (Å²) in [6, 6.07) is 15.2. The number of carbonyl (C=O) groups excluding carboxylic acids is 1. The van der Waals surface area contributed by atoms with Gasteiger partial charge in [-0.05, 0) is 62.7 Å². The van der Waals surface area contributed by atoms with Gasteiger partial charge >= 0.3 is 5.97 Å². The Hall–Kier alpha value is -2.94. The molecule has 0 heterocycles. The topological polar surface area (TPSA) is 97.3 Å². The number of aliphatic carboxylic acids is 1. The van der Waals surface area contributed by atoms with Crippen molar-refractivity contribution in [2.75, 3.05) is 34.4 Å². The summed E-state index contributed by atoms with van der Waals surface area (Å²) < 4.78 is 11.3. The second-order valence-corrected chi connectivity index (χ2v) is 8.06. The molecule has 33 heavy (non-hydrogen) atoms. The van der Waals surface area contributed by atoms with Crippen LogP contribution in [0.5, 0.6) is 11.5 Å². The molecule has 2 aromatic rings. The molecule has 0 saturated heterocycles. The lowest BCUT2D eigenvalue weighted by molar-refractivity contribution is -0.137. The molecule has 0 bridgehead atoms. The molecule has 0 aliphatic rings. The number of carboxylic acid groups (broad SMARTS) is 1. The summed E-state index contributed by atoms with van der Waals surface area (Å²) in [4.78, 5) is 29.6. The molecule has 2 rings (SSSR count). The van der Waals surface area contributed by atoms with E-state index < -0.39 is 12.0 Å². The van der Waals surface area contributed by atoms with Crippen molar-refractivity contribution in [2.45, 2.75) is 37.8 Å². The van der Waals surface area contributed by atoms with Crippen LogP contribution in [0, 0.1) is 0 Å². The summed E-state index contributed by atoms with van der Waals surface area (Å²) in [5, 5.41) is 8.81. The Bertz CT molecular complexity index is 856. The first-order chi connectivity index (χ1) is 15.9. The minimum absolute atomic E-state index is 0.115. The van der Waals surface area contributed by atoms with Crippen LogP contribution in [0.25, 0.3) is 0 Å². The Morgan fingerprint density at radius 2 is 1.85 bits per heavy atom. The fourth-order valence-corrected chi connectivity index (χ4v) is 3.25. The van der Waals surface area contributed by atoms with Crippen molar-refractivity contribution in [3.63, 3.8) is 0 Å². The number of nitrogens with zero attached hydrogens (tertiary/aromatic N) is 1. The molecule has 0 aliphatic heterocycles. The molecule has 0 spiro atoms. The van der Waals surface area contributed by atoms with Crippen molar-refractivity contribution in [2.24, 2.45) is 0 Å². The average molecular weight is 459 g/mol. The maximum Gasteiger partial charge on any atom is 0.303 e. The highest BCUT2D eigenvalue weighted by atomic mass is 16.7. The van der Waals surface area contributed by atoms with E-state index >= 15 is 0 Å². The Kier molecular flexibility index (Phi) is 11.4. The van der Waals surface area contributed by atoms with Crippen LogP contribution in [0.15, 0.2) is 48.5 Å². The smallest absolute Gasteiger partial charge is 0.303 e. The number of methoxy groups -OCH3 is 1. The summed E-state index contributed by atoms with van der Waals surface area (Å²) in [6.45, 7) is 0.834. The lowest BCUT2D eigenvalue weighted by Gasteiger charge is -2.24. The summed E-state index contributed by atoms with van der Waals surface area (Å²) in [5.41, 5.74) is 5.00. The van der Waals surface area contributed by atoms with Gasteiger partial charge in [0, 0.05) is 13.0 Å². The molecule has 2 atom stereocenters. The SMILES string of the molecule is COc1ccc(CCc2ccccc2OCC(CN(C)C)ON[C@H](C=O)CCC(=O)O)cc1. The van der Waals surface area contributed by atoms with Gasteiger partial charge in [-0.15, -0.1) is 0 Å². The van der Waals surface area contributed by atoms with Gasteiger partial charge in [0.2, 0.25) is 0 Å². The Morgan fingerprint density at radius 1 is 1.12 bits per heavy atom. The number of nitrogens with one attached hydrogen (secondary N) is 1. The number of aldehydes is 1. The van der Waals surface area contributed by atoms with Gasteiger partial charge in [-0.25, -0.2) is 0 Å². The maximum atomic E-state index is 11.2. The van der Waals surface area contributed by atoms with Gasteiger partial charge in [0.15, 0.2) is 0 Å². The number of benzene rings is 2. The highest BCUT2D eigenvalue weighted by Crippen LogP contribution is 2.21. The van der Waals surface area contributed by atoms with E-state index in [9.17, 15) is 9.59 Å². The largest absolute Gasteiger partial charge is 0.497 e. The molecule has 0 aromatic heterocycles. The molecular weight excluding hydrogens is 424 g/mol. The maximum absolute atomic E-state index is 11.2. The normalized spacial score (nSPS) is 12.8. The van der Waals surface area contributed by atoms with E-state index in [0.717, 1.165) is 29.9 Å². The lowest BCUT2D eigenvalue weighted by Crippen LogP contribution is -2.41. The van der Waals surface area contributed by atoms with Crippen LogP contribution in [0.3, 0.4) is 0 Å². The monoisotopic (exact) mass is 458 g/mol. The molecule has 0 radical (unpaired) electrons. The molecule has 2 N–H and O–H groups in total. The molecule has 1 unspecified atom stereocenters. The zero-order chi connectivity index (χ0) is 24.1. The van der Waals surface area contributed by atoms with Gasteiger partial charge in [0.25, 0.3) is 0 Å². The third-order valence-electron chi connectivity index (χ3n) is 5.03. The minimum Gasteiger partial charge on any atom is -0.497 e. The van der Waals surface area contributed by atoms with Crippen LogP contribution in [-0.4, -0.2) is 68.8 Å². The van der Waals surface area contributed by atoms with E-state index in [1.54, 1.807) is 7.11 Å². The summed E-state index contributed by atoms with van der Waals surface area (Å²) in [5.74, 6) is 0.669. The molecule has 0 saturated carbocycles. The van der Waals surface area contributed by atoms with E-state index in [-0.39, 0.29) is 25.6 Å². The van der Waals surface area contributed by atoms with Crippen LogP contribution >= 0.6 is 0 Å². The van der Waals surface area contributed by atoms with Crippen molar-refractivity contribution < 1.29 is 29.0 Å². The number of aryl methyl sites for hydroxylation is 2. The molecule has 0 aliphatic carbocycles. The van der Waals surface area contributed by atoms with E-state index in [1.165, 1.54) is 5.56 Å². The van der Waals surface area contributed by atoms with E-state index in [0.29, 0.717) is 12.8 Å². The van der Waals surface area contributed by atoms with Crippen LogP contribution < -0.4 is 15.0 Å². The standard InChI is InChI=1S/C25H34N2O6/c1-27(2)16-23(33-26-21(17-28)12-15-25(29)30)18-32-24-7-5-4-6-20(24)11-8-19-9-13-22(31-3)14-10-19/h4-7,9-10,13-14,17,21,23,26H,8,11-12,15-16,18H2,1-3H3,(H,29,30)/t21-,23?/m0/s1. The fraction of sp³-hybridized carbons (Fsp3) is 0.440. The highest BCUT2D eigenvalue weighted by molar-refractivity contribution is 5.68. The van der Waals surface area contributed by atoms with Crippen molar-refractivity contribution >= 4 is 12.3 Å². The Morgan fingerprint density at radius 3 is 2.48 bits per heavy atom. The van der Waals surface area contributed by atoms with Gasteiger partial charge in [-0.2, -0.15) is 5.48 Å². The Balaban J connectivity index is 1.94. The first-order valence-electron chi connectivity index (χ1n) is 11.0. The zero-order valence-corrected chi connectivity index (χ0v) is 19.5. The molecule has 180 valence electrons. The van der Waals surface area contributed by atoms with Gasteiger partial charge in [0.1, 0.15) is 30.5 Å². The number of hydrogen-bond donors (Lipinski definition) is 2. The predicted molar refractivity (Wildman–Crippen MR) is 126 cm³/mol. The van der Waals surface area contributed by atoms with E-state index in [2.05, 4.69) is 17.6 Å². The van der Waals surface area contributed by atoms with Crippen molar-refractivity contribution in [1.82, 2.24) is 10.4 Å². The van der Waals surface area contributed by atoms with Gasteiger partial charge in [-0.3, -0.25) is 9.63 Å². The fourth-order valence-electron chi connectivity index (χ4n) is 3.25. The average Bonchev–Trinajstić information content (AvgIpc) is 2.81. The van der Waals surface area contributed by atoms with Crippen molar-refractivity contribution in [3.8, 4) is 11.5 Å². The molecular formula is C25H34N2O6. The number of carbonyl (C=O) groups is 2. The van der Waals surface area contributed by atoms with Crippen LogP contribution in [-0.2, 0) is 27.3 Å². The predicted octanol–water partition coefficient (Wildman–Crippen LogP) is 2.74. The quantitative estimate of drug-likeness (QED) is 0.293. The first kappa shape index (κ1) is 26.3.